The van der Waals surface area contributed by atoms with Crippen LogP contribution in [0.5, 0.6) is 5.75 Å². The van der Waals surface area contributed by atoms with E-state index in [4.69, 9.17) is 5.73 Å². The molecule has 2 aromatic rings. The monoisotopic (exact) mass is 317 g/mol. The molecular weight excluding hydrogens is 296 g/mol. The van der Waals surface area contributed by atoms with Crippen LogP contribution in [0.2, 0.25) is 0 Å². The van der Waals surface area contributed by atoms with Gasteiger partial charge in [0.1, 0.15) is 5.75 Å². The van der Waals surface area contributed by atoms with Crippen molar-refractivity contribution in [3.05, 3.63) is 36.4 Å². The fourth-order valence-corrected chi connectivity index (χ4v) is 2.25. The number of carbonyl (C=O) groups excluding carboxylic acids is 2. The van der Waals surface area contributed by atoms with E-state index < -0.39 is 6.03 Å². The fourth-order valence-electron chi connectivity index (χ4n) is 2.25. The van der Waals surface area contributed by atoms with Crippen molar-refractivity contribution >= 4 is 22.8 Å². The first-order valence-corrected chi connectivity index (χ1v) is 7.38. The van der Waals surface area contributed by atoms with Gasteiger partial charge in [-0.05, 0) is 36.6 Å². The van der Waals surface area contributed by atoms with E-state index in [1.807, 2.05) is 6.20 Å². The number of rotatable bonds is 7. The molecule has 1 aromatic carbocycles. The molecule has 0 saturated carbocycles. The highest BCUT2D eigenvalue weighted by Gasteiger charge is 2.08. The Hall–Kier alpha value is -2.70. The van der Waals surface area contributed by atoms with Gasteiger partial charge in [0.05, 0.1) is 6.42 Å². The van der Waals surface area contributed by atoms with E-state index in [2.05, 4.69) is 10.3 Å². The Morgan fingerprint density at radius 3 is 2.96 bits per heavy atom. The van der Waals surface area contributed by atoms with Gasteiger partial charge in [0.25, 0.3) is 0 Å². The largest absolute Gasteiger partial charge is 0.508 e. The van der Waals surface area contributed by atoms with Crippen molar-refractivity contribution in [3.8, 4) is 5.75 Å². The standard InChI is InChI=1S/C16H21N4O3/c1-20(16(17)23)8-2-7-18-15(22)6-3-11-10-19-14-5-4-12(21)9-13(11)14/h4-6,9-10,19,21H,2-3,7-8H2,1H3,(H2,17,23)(H,18,22). The normalized spacial score (nSPS) is 10.7. The third kappa shape index (κ3) is 4.64. The molecule has 0 aliphatic carbocycles. The molecule has 0 unspecified atom stereocenters. The molecule has 7 heteroatoms. The highest BCUT2D eigenvalue weighted by molar-refractivity contribution is 5.88. The fraction of sp³-hybridized carbons (Fsp3) is 0.312. The summed E-state index contributed by atoms with van der Waals surface area (Å²) < 4.78 is 0. The lowest BCUT2D eigenvalue weighted by atomic mass is 10.1. The number of benzene rings is 1. The summed E-state index contributed by atoms with van der Waals surface area (Å²) in [6, 6.07) is 4.60. The van der Waals surface area contributed by atoms with Crippen LogP contribution in [0, 0.1) is 6.42 Å². The van der Waals surface area contributed by atoms with Crippen LogP contribution in [0.15, 0.2) is 24.4 Å². The van der Waals surface area contributed by atoms with Crippen LogP contribution in [0.25, 0.3) is 10.9 Å². The SMILES string of the molecule is CN(CCCNC(=O)[CH]Cc1c[nH]c2ccc(O)cc12)C(N)=O. The first-order valence-electron chi connectivity index (χ1n) is 7.38. The predicted octanol–water partition coefficient (Wildman–Crippen LogP) is 1.14. The number of hydrogen-bond acceptors (Lipinski definition) is 3. The molecule has 23 heavy (non-hydrogen) atoms. The second-order valence-electron chi connectivity index (χ2n) is 5.36. The Kier molecular flexibility index (Phi) is 5.46. The number of nitrogens with two attached hydrogens (primary N) is 1. The molecule has 1 aromatic heterocycles. The molecule has 0 atom stereocenters. The van der Waals surface area contributed by atoms with Crippen molar-refractivity contribution in [2.45, 2.75) is 12.8 Å². The van der Waals surface area contributed by atoms with Gasteiger partial charge in [0.2, 0.25) is 5.91 Å². The number of hydrogen-bond donors (Lipinski definition) is 4. The number of primary amides is 1. The molecule has 1 heterocycles. The maximum Gasteiger partial charge on any atom is 0.314 e. The van der Waals surface area contributed by atoms with Gasteiger partial charge in [-0.1, -0.05) is 0 Å². The van der Waals surface area contributed by atoms with Gasteiger partial charge in [0.15, 0.2) is 0 Å². The van der Waals surface area contributed by atoms with Crippen molar-refractivity contribution in [3.63, 3.8) is 0 Å². The maximum atomic E-state index is 11.8. The van der Waals surface area contributed by atoms with Gasteiger partial charge in [-0.15, -0.1) is 0 Å². The second-order valence-corrected chi connectivity index (χ2v) is 5.36. The molecule has 0 aliphatic rings. The van der Waals surface area contributed by atoms with Crippen LogP contribution in [0.4, 0.5) is 4.79 Å². The van der Waals surface area contributed by atoms with Crippen molar-refractivity contribution in [1.82, 2.24) is 15.2 Å². The van der Waals surface area contributed by atoms with Gasteiger partial charge in [-0.2, -0.15) is 0 Å². The van der Waals surface area contributed by atoms with E-state index in [0.717, 1.165) is 16.5 Å². The van der Waals surface area contributed by atoms with Gasteiger partial charge >= 0.3 is 6.03 Å². The molecule has 123 valence electrons. The van der Waals surface area contributed by atoms with Gasteiger partial charge in [0, 0.05) is 37.2 Å². The smallest absolute Gasteiger partial charge is 0.314 e. The maximum absolute atomic E-state index is 11.8. The molecule has 0 spiro atoms. The molecule has 0 bridgehead atoms. The average Bonchev–Trinajstić information content (AvgIpc) is 2.91. The molecule has 7 nitrogen and oxygen atoms in total. The van der Waals surface area contributed by atoms with Crippen LogP contribution in [-0.2, 0) is 11.2 Å². The van der Waals surface area contributed by atoms with Crippen LogP contribution in [0.3, 0.4) is 0 Å². The van der Waals surface area contributed by atoms with Gasteiger partial charge < -0.3 is 26.0 Å². The van der Waals surface area contributed by atoms with Crippen LogP contribution < -0.4 is 11.1 Å². The molecule has 5 N–H and O–H groups in total. The summed E-state index contributed by atoms with van der Waals surface area (Å²) in [5.41, 5.74) is 6.97. The molecule has 3 amide bonds. The number of amides is 3. The Balaban J connectivity index is 1.75. The molecule has 1 radical (unpaired) electrons. The van der Waals surface area contributed by atoms with Crippen molar-refractivity contribution in [2.75, 3.05) is 20.1 Å². The van der Waals surface area contributed by atoms with E-state index in [9.17, 15) is 14.7 Å². The number of phenolic OH excluding ortho intramolecular Hbond substituents is 1. The van der Waals surface area contributed by atoms with Crippen LogP contribution in [-0.4, -0.2) is 47.1 Å². The number of fused-ring (bicyclic) bond motifs is 1. The summed E-state index contributed by atoms with van der Waals surface area (Å²) in [5, 5.41) is 13.2. The first-order chi connectivity index (χ1) is 11.0. The van der Waals surface area contributed by atoms with Gasteiger partial charge in [-0.3, -0.25) is 4.79 Å². The number of aromatic nitrogens is 1. The molecule has 2 rings (SSSR count). The molecule has 0 fully saturated rings. The summed E-state index contributed by atoms with van der Waals surface area (Å²) in [4.78, 5) is 27.1. The van der Waals surface area contributed by atoms with Crippen LogP contribution in [0.1, 0.15) is 12.0 Å². The molecule has 0 saturated heterocycles. The number of phenols is 1. The number of nitrogens with one attached hydrogen (secondary N) is 2. The lowest BCUT2D eigenvalue weighted by Gasteiger charge is -2.13. The number of H-pyrrole nitrogens is 1. The summed E-state index contributed by atoms with van der Waals surface area (Å²) >= 11 is 0. The predicted molar refractivity (Wildman–Crippen MR) is 87.8 cm³/mol. The Labute approximate surface area is 134 Å². The second kappa shape index (κ2) is 7.53. The lowest BCUT2D eigenvalue weighted by Crippen LogP contribution is -2.35. The number of aromatic amines is 1. The van der Waals surface area contributed by atoms with Gasteiger partial charge in [-0.25, -0.2) is 4.79 Å². The minimum absolute atomic E-state index is 0.166. The summed E-state index contributed by atoms with van der Waals surface area (Å²) in [6.07, 6.45) is 4.50. The zero-order chi connectivity index (χ0) is 16.8. The number of nitrogens with zero attached hydrogens (tertiary/aromatic N) is 1. The van der Waals surface area contributed by atoms with E-state index in [-0.39, 0.29) is 11.7 Å². The number of urea groups is 1. The van der Waals surface area contributed by atoms with Crippen molar-refractivity contribution in [1.29, 1.82) is 0 Å². The van der Waals surface area contributed by atoms with E-state index >= 15 is 0 Å². The lowest BCUT2D eigenvalue weighted by molar-refractivity contribution is -0.117. The minimum atomic E-state index is -0.481. The third-order valence-electron chi connectivity index (χ3n) is 3.60. The highest BCUT2D eigenvalue weighted by atomic mass is 16.3. The summed E-state index contributed by atoms with van der Waals surface area (Å²) in [7, 11) is 1.61. The summed E-state index contributed by atoms with van der Waals surface area (Å²) in [6.45, 7) is 0.971. The summed E-state index contributed by atoms with van der Waals surface area (Å²) in [5.74, 6) is 0.0302. The average molecular weight is 317 g/mol. The first kappa shape index (κ1) is 16.7. The Morgan fingerprint density at radius 2 is 2.22 bits per heavy atom. The van der Waals surface area contributed by atoms with E-state index in [1.54, 1.807) is 31.7 Å². The van der Waals surface area contributed by atoms with Crippen molar-refractivity contribution < 1.29 is 14.7 Å². The quantitative estimate of drug-likeness (QED) is 0.574. The Bertz CT molecular complexity index is 696. The van der Waals surface area contributed by atoms with Crippen molar-refractivity contribution in [2.24, 2.45) is 5.73 Å². The zero-order valence-corrected chi connectivity index (χ0v) is 13.0. The molecule has 0 aliphatic heterocycles. The third-order valence-corrected chi connectivity index (χ3v) is 3.60. The highest BCUT2D eigenvalue weighted by Crippen LogP contribution is 2.23. The molecular formula is C16H21N4O3. The van der Waals surface area contributed by atoms with Crippen LogP contribution >= 0.6 is 0 Å². The van der Waals surface area contributed by atoms with E-state index in [0.29, 0.717) is 25.9 Å². The Morgan fingerprint density at radius 1 is 1.43 bits per heavy atom. The minimum Gasteiger partial charge on any atom is -0.508 e. The number of aromatic hydroxyl groups is 1. The number of carbonyl (C=O) groups is 2. The van der Waals surface area contributed by atoms with E-state index in [1.165, 1.54) is 4.90 Å². The topological polar surface area (TPSA) is 111 Å². The zero-order valence-electron chi connectivity index (χ0n) is 13.0.